The quantitative estimate of drug-likeness (QED) is 0.663. The Morgan fingerprint density at radius 3 is 2.50 bits per heavy atom. The topological polar surface area (TPSA) is 33.2 Å². The first-order chi connectivity index (χ1) is 11.6. The average Bonchev–Trinajstić information content (AvgIpc) is 3.01. The highest BCUT2D eigenvalue weighted by molar-refractivity contribution is 7.14. The summed E-state index contributed by atoms with van der Waals surface area (Å²) in [6, 6.07) is 16.0. The fourth-order valence-electron chi connectivity index (χ4n) is 2.44. The summed E-state index contributed by atoms with van der Waals surface area (Å²) in [7, 11) is 0. The maximum Gasteiger partial charge on any atom is 0.233 e. The summed E-state index contributed by atoms with van der Waals surface area (Å²) in [6.07, 6.45) is 0.577. The Kier molecular flexibility index (Phi) is 5.01. The van der Waals surface area contributed by atoms with Crippen LogP contribution >= 0.6 is 11.3 Å². The third-order valence-electron chi connectivity index (χ3n) is 3.63. The van der Waals surface area contributed by atoms with E-state index in [1.165, 1.54) is 17.4 Å². The molecule has 5 heteroatoms. The van der Waals surface area contributed by atoms with Crippen molar-refractivity contribution in [1.29, 1.82) is 0 Å². The van der Waals surface area contributed by atoms with E-state index in [0.717, 1.165) is 11.4 Å². The molecule has 2 aromatic carbocycles. The molecular formula is C19H17FN2OS. The van der Waals surface area contributed by atoms with Crippen LogP contribution in [-0.4, -0.2) is 10.9 Å². The number of nitrogens with zero attached hydrogens (tertiary/aromatic N) is 2. The van der Waals surface area contributed by atoms with Crippen molar-refractivity contribution >= 4 is 28.1 Å². The second-order valence-corrected chi connectivity index (χ2v) is 6.26. The van der Waals surface area contributed by atoms with Crippen molar-refractivity contribution in [2.45, 2.75) is 19.8 Å². The molecule has 3 nitrogen and oxygen atoms in total. The molecule has 3 aromatic rings. The van der Waals surface area contributed by atoms with Crippen LogP contribution in [0.5, 0.6) is 0 Å². The predicted molar refractivity (Wildman–Crippen MR) is 95.2 cm³/mol. The average molecular weight is 340 g/mol. The Morgan fingerprint density at radius 1 is 1.12 bits per heavy atom. The number of thiazole rings is 1. The van der Waals surface area contributed by atoms with Crippen molar-refractivity contribution in [1.82, 2.24) is 4.98 Å². The maximum absolute atomic E-state index is 13.8. The van der Waals surface area contributed by atoms with Gasteiger partial charge in [0.1, 0.15) is 5.82 Å². The van der Waals surface area contributed by atoms with E-state index in [9.17, 15) is 9.18 Å². The Bertz CT molecular complexity index is 832. The number of rotatable bonds is 5. The lowest BCUT2D eigenvalue weighted by Crippen LogP contribution is -2.26. The van der Waals surface area contributed by atoms with Gasteiger partial charge >= 0.3 is 0 Å². The van der Waals surface area contributed by atoms with Gasteiger partial charge in [-0.2, -0.15) is 0 Å². The molecule has 0 bridgehead atoms. The molecule has 0 radical (unpaired) electrons. The van der Waals surface area contributed by atoms with Gasteiger partial charge in [0.05, 0.1) is 11.4 Å². The van der Waals surface area contributed by atoms with Gasteiger partial charge in [-0.25, -0.2) is 9.37 Å². The molecule has 1 heterocycles. The summed E-state index contributed by atoms with van der Waals surface area (Å²) in [6.45, 7) is 1.90. The van der Waals surface area contributed by atoms with Crippen molar-refractivity contribution in [3.63, 3.8) is 0 Å². The number of aromatic nitrogens is 1. The molecule has 1 amide bonds. The highest BCUT2D eigenvalue weighted by Gasteiger charge is 2.20. The Balaban J connectivity index is 1.83. The van der Waals surface area contributed by atoms with Crippen molar-refractivity contribution in [2.75, 3.05) is 4.90 Å². The van der Waals surface area contributed by atoms with Crippen molar-refractivity contribution < 1.29 is 9.18 Å². The lowest BCUT2D eigenvalue weighted by molar-refractivity contribution is -0.117. The molecule has 1 aromatic heterocycles. The molecule has 0 fully saturated rings. The molecular weight excluding hydrogens is 323 g/mol. The van der Waals surface area contributed by atoms with E-state index in [-0.39, 0.29) is 18.1 Å². The third-order valence-corrected chi connectivity index (χ3v) is 4.57. The number of carbonyl (C=O) groups is 1. The summed E-state index contributed by atoms with van der Waals surface area (Å²) in [5.41, 5.74) is 2.19. The van der Waals surface area contributed by atoms with Gasteiger partial charge < -0.3 is 0 Å². The number of aryl methyl sites for hydroxylation is 2. The molecule has 3 rings (SSSR count). The number of hydrogen-bond acceptors (Lipinski definition) is 3. The summed E-state index contributed by atoms with van der Waals surface area (Å²) in [5.74, 6) is -0.375. The Hall–Kier alpha value is -2.53. The van der Waals surface area contributed by atoms with Gasteiger partial charge in [-0.1, -0.05) is 36.4 Å². The third kappa shape index (κ3) is 3.68. The van der Waals surface area contributed by atoms with E-state index in [4.69, 9.17) is 0 Å². The number of carbonyl (C=O) groups excluding carboxylic acids is 1. The van der Waals surface area contributed by atoms with E-state index in [1.807, 2.05) is 42.6 Å². The minimum Gasteiger partial charge on any atom is -0.274 e. The molecule has 0 spiro atoms. The van der Waals surface area contributed by atoms with Crippen LogP contribution in [-0.2, 0) is 11.2 Å². The lowest BCUT2D eigenvalue weighted by atomic mass is 10.1. The van der Waals surface area contributed by atoms with Crippen LogP contribution in [0.1, 0.15) is 17.7 Å². The number of benzene rings is 2. The largest absolute Gasteiger partial charge is 0.274 e. The van der Waals surface area contributed by atoms with Gasteiger partial charge in [0.2, 0.25) is 5.91 Å². The van der Waals surface area contributed by atoms with Crippen molar-refractivity contribution in [3.8, 4) is 0 Å². The second-order valence-electron chi connectivity index (χ2n) is 5.43. The van der Waals surface area contributed by atoms with Crippen LogP contribution in [0.15, 0.2) is 60.0 Å². The normalized spacial score (nSPS) is 10.6. The molecule has 0 saturated carbocycles. The molecule has 0 aliphatic rings. The summed E-state index contributed by atoms with van der Waals surface area (Å²) >= 11 is 1.43. The highest BCUT2D eigenvalue weighted by Crippen LogP contribution is 2.29. The standard InChI is InChI=1S/C19H17FN2OS/c1-14-13-24-19(21-14)22(16-8-3-2-4-9-16)18(23)12-11-15-7-5-6-10-17(15)20/h2-10,13H,11-12H2,1H3. The van der Waals surface area contributed by atoms with Crippen LogP contribution in [0.2, 0.25) is 0 Å². The zero-order valence-corrected chi connectivity index (χ0v) is 14.1. The number of hydrogen-bond donors (Lipinski definition) is 0. The first-order valence-corrected chi connectivity index (χ1v) is 8.56. The molecule has 0 saturated heterocycles. The number of para-hydroxylation sites is 1. The monoisotopic (exact) mass is 340 g/mol. The first kappa shape index (κ1) is 16.3. The van der Waals surface area contributed by atoms with E-state index < -0.39 is 0 Å². The van der Waals surface area contributed by atoms with Crippen LogP contribution in [0, 0.1) is 12.7 Å². The van der Waals surface area contributed by atoms with Gasteiger partial charge in [0.25, 0.3) is 0 Å². The van der Waals surface area contributed by atoms with Crippen LogP contribution in [0.4, 0.5) is 15.2 Å². The maximum atomic E-state index is 13.8. The SMILES string of the molecule is Cc1csc(N(C(=O)CCc2ccccc2F)c2ccccc2)n1. The minimum absolute atomic E-state index is 0.0983. The van der Waals surface area contributed by atoms with Gasteiger partial charge in [-0.3, -0.25) is 9.69 Å². The van der Waals surface area contributed by atoms with Crippen molar-refractivity contribution in [3.05, 3.63) is 77.1 Å². The number of halogens is 1. The Morgan fingerprint density at radius 2 is 1.83 bits per heavy atom. The molecule has 122 valence electrons. The van der Waals surface area contributed by atoms with E-state index >= 15 is 0 Å². The molecule has 0 atom stereocenters. The fraction of sp³-hybridized carbons (Fsp3) is 0.158. The molecule has 0 N–H and O–H groups in total. The minimum atomic E-state index is -0.276. The Labute approximate surface area is 144 Å². The van der Waals surface area contributed by atoms with Gasteiger partial charge in [0, 0.05) is 11.8 Å². The zero-order valence-electron chi connectivity index (χ0n) is 13.3. The number of anilines is 2. The van der Waals surface area contributed by atoms with Crippen LogP contribution < -0.4 is 4.90 Å². The van der Waals surface area contributed by atoms with Crippen LogP contribution in [0.3, 0.4) is 0 Å². The van der Waals surface area contributed by atoms with Gasteiger partial charge in [0.15, 0.2) is 5.13 Å². The smallest absolute Gasteiger partial charge is 0.233 e. The highest BCUT2D eigenvalue weighted by atomic mass is 32.1. The summed E-state index contributed by atoms with van der Waals surface area (Å²) in [5, 5.41) is 2.55. The molecule has 0 unspecified atom stereocenters. The zero-order chi connectivity index (χ0) is 16.9. The van der Waals surface area contributed by atoms with Crippen molar-refractivity contribution in [2.24, 2.45) is 0 Å². The van der Waals surface area contributed by atoms with Crippen LogP contribution in [0.25, 0.3) is 0 Å². The van der Waals surface area contributed by atoms with Gasteiger partial charge in [-0.05, 0) is 37.1 Å². The van der Waals surface area contributed by atoms with E-state index in [2.05, 4.69) is 4.98 Å². The summed E-state index contributed by atoms with van der Waals surface area (Å²) < 4.78 is 13.8. The summed E-state index contributed by atoms with van der Waals surface area (Å²) in [4.78, 5) is 18.8. The number of amides is 1. The van der Waals surface area contributed by atoms with Gasteiger partial charge in [-0.15, -0.1) is 11.3 Å². The molecule has 24 heavy (non-hydrogen) atoms. The second kappa shape index (κ2) is 7.36. The first-order valence-electron chi connectivity index (χ1n) is 7.68. The lowest BCUT2D eigenvalue weighted by Gasteiger charge is -2.20. The van der Waals surface area contributed by atoms with E-state index in [1.54, 1.807) is 23.1 Å². The predicted octanol–water partition coefficient (Wildman–Crippen LogP) is 4.89. The van der Waals surface area contributed by atoms with E-state index in [0.29, 0.717) is 17.1 Å². The molecule has 0 aliphatic carbocycles. The molecule has 0 aliphatic heterocycles. The fourth-order valence-corrected chi connectivity index (χ4v) is 3.27.